The van der Waals surface area contributed by atoms with Crippen LogP contribution in [0.5, 0.6) is 0 Å². The first-order valence-corrected chi connectivity index (χ1v) is 7.94. The summed E-state index contributed by atoms with van der Waals surface area (Å²) < 4.78 is 1.56. The van der Waals surface area contributed by atoms with E-state index in [2.05, 4.69) is 15.0 Å². The second-order valence-electron chi connectivity index (χ2n) is 5.20. The highest BCUT2D eigenvalue weighted by Crippen LogP contribution is 2.20. The third-order valence-electron chi connectivity index (χ3n) is 3.19. The number of rotatable bonds is 3. The van der Waals surface area contributed by atoms with Gasteiger partial charge in [-0.25, -0.2) is 15.0 Å². The molecule has 0 N–H and O–H groups in total. The number of hydrogen-bond donors (Lipinski definition) is 0. The van der Waals surface area contributed by atoms with E-state index in [0.29, 0.717) is 11.4 Å². The molecule has 3 heterocycles. The normalized spacial score (nSPS) is 11.0. The second kappa shape index (κ2) is 5.88. The number of aryl methyl sites for hydroxylation is 3. The third kappa shape index (κ3) is 3.17. The summed E-state index contributed by atoms with van der Waals surface area (Å²) in [5.41, 5.74) is 3.40. The summed E-state index contributed by atoms with van der Waals surface area (Å²) in [4.78, 5) is 25.3. The molecule has 3 aromatic rings. The van der Waals surface area contributed by atoms with E-state index in [0.717, 1.165) is 27.8 Å². The summed E-state index contributed by atoms with van der Waals surface area (Å²) in [6, 6.07) is 7.33. The quantitative estimate of drug-likeness (QED) is 0.550. The predicted molar refractivity (Wildman–Crippen MR) is 87.3 cm³/mol. The van der Waals surface area contributed by atoms with E-state index in [1.165, 1.54) is 0 Å². The van der Waals surface area contributed by atoms with Crippen molar-refractivity contribution in [2.24, 2.45) is 0 Å². The summed E-state index contributed by atoms with van der Waals surface area (Å²) in [5.74, 6) is 1.36. The molecule has 3 rings (SSSR count). The number of pyridine rings is 1. The van der Waals surface area contributed by atoms with Gasteiger partial charge in [0.2, 0.25) is 0 Å². The van der Waals surface area contributed by atoms with Crippen LogP contribution in [0, 0.1) is 20.8 Å². The van der Waals surface area contributed by atoms with Gasteiger partial charge in [-0.1, -0.05) is 11.8 Å². The molecule has 0 aromatic carbocycles. The Hall–Kier alpha value is -2.21. The summed E-state index contributed by atoms with van der Waals surface area (Å²) in [5, 5.41) is 0.899. The first-order valence-electron chi connectivity index (χ1n) is 6.95. The van der Waals surface area contributed by atoms with Gasteiger partial charge in [0.25, 0.3) is 5.56 Å². The van der Waals surface area contributed by atoms with Crippen molar-refractivity contribution in [3.05, 3.63) is 63.6 Å². The number of aromatic nitrogens is 4. The standard InChI is InChI=1S/C16H16N4OS/c1-10-4-5-20-14(6-10)19-13(8-16(20)21)9-22-15-7-11(2)17-12(3)18-15/h4-8H,9H2,1-3H3. The first-order chi connectivity index (χ1) is 10.5. The lowest BCUT2D eigenvalue weighted by Crippen LogP contribution is -2.15. The summed E-state index contributed by atoms with van der Waals surface area (Å²) in [7, 11) is 0. The molecule has 22 heavy (non-hydrogen) atoms. The molecule has 0 bridgehead atoms. The van der Waals surface area contributed by atoms with Crippen LogP contribution in [0.15, 0.2) is 40.3 Å². The lowest BCUT2D eigenvalue weighted by atomic mass is 10.3. The number of hydrogen-bond acceptors (Lipinski definition) is 5. The van der Waals surface area contributed by atoms with Crippen molar-refractivity contribution in [2.45, 2.75) is 31.6 Å². The lowest BCUT2D eigenvalue weighted by Gasteiger charge is -2.05. The SMILES string of the molecule is Cc1ccn2c(=O)cc(CSc3cc(C)nc(C)n3)nc2c1. The molecule has 5 nitrogen and oxygen atoms in total. The maximum Gasteiger partial charge on any atom is 0.258 e. The fourth-order valence-electron chi connectivity index (χ4n) is 2.23. The molecule has 0 saturated heterocycles. The predicted octanol–water partition coefficient (Wildman–Crippen LogP) is 2.70. The molecule has 112 valence electrons. The van der Waals surface area contributed by atoms with E-state index in [4.69, 9.17) is 0 Å². The minimum atomic E-state index is -0.0596. The Kier molecular flexibility index (Phi) is 3.94. The molecule has 0 aliphatic rings. The Balaban J connectivity index is 1.89. The van der Waals surface area contributed by atoms with Crippen molar-refractivity contribution < 1.29 is 0 Å². The highest BCUT2D eigenvalue weighted by atomic mass is 32.2. The van der Waals surface area contributed by atoms with E-state index >= 15 is 0 Å². The maximum absolute atomic E-state index is 12.1. The van der Waals surface area contributed by atoms with Crippen LogP contribution in [0.25, 0.3) is 5.65 Å². The van der Waals surface area contributed by atoms with Crippen LogP contribution in [0.4, 0.5) is 0 Å². The van der Waals surface area contributed by atoms with E-state index < -0.39 is 0 Å². The molecule has 0 saturated carbocycles. The van der Waals surface area contributed by atoms with Gasteiger partial charge >= 0.3 is 0 Å². The van der Waals surface area contributed by atoms with Gasteiger partial charge in [0, 0.05) is 23.7 Å². The summed E-state index contributed by atoms with van der Waals surface area (Å²) >= 11 is 1.56. The van der Waals surface area contributed by atoms with Crippen molar-refractivity contribution in [2.75, 3.05) is 0 Å². The van der Waals surface area contributed by atoms with Crippen molar-refractivity contribution in [1.29, 1.82) is 0 Å². The molecule has 0 unspecified atom stereocenters. The molecule has 0 spiro atoms. The van der Waals surface area contributed by atoms with Gasteiger partial charge in [0.15, 0.2) is 0 Å². The molecule has 0 fully saturated rings. The molecule has 0 radical (unpaired) electrons. The van der Waals surface area contributed by atoms with Crippen LogP contribution < -0.4 is 5.56 Å². The van der Waals surface area contributed by atoms with Gasteiger partial charge in [0.1, 0.15) is 16.5 Å². The molecular weight excluding hydrogens is 296 g/mol. The average Bonchev–Trinajstić information content (AvgIpc) is 2.43. The van der Waals surface area contributed by atoms with Crippen LogP contribution in [0.1, 0.15) is 22.8 Å². The minimum absolute atomic E-state index is 0.0596. The monoisotopic (exact) mass is 312 g/mol. The fourth-order valence-corrected chi connectivity index (χ4v) is 3.13. The molecule has 0 aliphatic carbocycles. The summed E-state index contributed by atoms with van der Waals surface area (Å²) in [6.45, 7) is 5.81. The van der Waals surface area contributed by atoms with Gasteiger partial charge in [0.05, 0.1) is 5.69 Å². The van der Waals surface area contributed by atoms with Gasteiger partial charge in [-0.15, -0.1) is 0 Å². The first kappa shape index (κ1) is 14.7. The van der Waals surface area contributed by atoms with Crippen molar-refractivity contribution in [3.63, 3.8) is 0 Å². The lowest BCUT2D eigenvalue weighted by molar-refractivity contribution is 0.934. The Morgan fingerprint density at radius 1 is 1.09 bits per heavy atom. The van der Waals surface area contributed by atoms with Crippen LogP contribution in [0.2, 0.25) is 0 Å². The number of nitrogens with zero attached hydrogens (tertiary/aromatic N) is 4. The molecule has 0 amide bonds. The number of thioether (sulfide) groups is 1. The van der Waals surface area contributed by atoms with E-state index in [-0.39, 0.29) is 5.56 Å². The zero-order valence-electron chi connectivity index (χ0n) is 12.7. The minimum Gasteiger partial charge on any atom is -0.269 e. The average molecular weight is 312 g/mol. The Morgan fingerprint density at radius 3 is 2.68 bits per heavy atom. The van der Waals surface area contributed by atoms with Crippen molar-refractivity contribution in [3.8, 4) is 0 Å². The Bertz CT molecular complexity index is 884. The van der Waals surface area contributed by atoms with Crippen LogP contribution in [0.3, 0.4) is 0 Å². The second-order valence-corrected chi connectivity index (χ2v) is 6.20. The van der Waals surface area contributed by atoms with Gasteiger partial charge < -0.3 is 0 Å². The number of fused-ring (bicyclic) bond motifs is 1. The molecule has 0 atom stereocenters. The van der Waals surface area contributed by atoms with Crippen molar-refractivity contribution >= 4 is 17.4 Å². The fraction of sp³-hybridized carbons (Fsp3) is 0.250. The van der Waals surface area contributed by atoms with Gasteiger partial charge in [-0.3, -0.25) is 9.20 Å². The maximum atomic E-state index is 12.1. The van der Waals surface area contributed by atoms with Crippen LogP contribution >= 0.6 is 11.8 Å². The van der Waals surface area contributed by atoms with Gasteiger partial charge in [-0.2, -0.15) is 0 Å². The van der Waals surface area contributed by atoms with E-state index in [1.54, 1.807) is 28.4 Å². The zero-order valence-corrected chi connectivity index (χ0v) is 13.5. The highest BCUT2D eigenvalue weighted by molar-refractivity contribution is 7.98. The summed E-state index contributed by atoms with van der Waals surface area (Å²) in [6.07, 6.45) is 1.76. The van der Waals surface area contributed by atoms with E-state index in [9.17, 15) is 4.79 Å². The molecule has 6 heteroatoms. The zero-order chi connectivity index (χ0) is 15.7. The largest absolute Gasteiger partial charge is 0.269 e. The molecule has 0 aliphatic heterocycles. The smallest absolute Gasteiger partial charge is 0.258 e. The van der Waals surface area contributed by atoms with Crippen LogP contribution in [-0.2, 0) is 5.75 Å². The Morgan fingerprint density at radius 2 is 1.91 bits per heavy atom. The molecule has 3 aromatic heterocycles. The highest BCUT2D eigenvalue weighted by Gasteiger charge is 2.05. The molecular formula is C16H16N4OS. The van der Waals surface area contributed by atoms with Gasteiger partial charge in [-0.05, 0) is 44.5 Å². The van der Waals surface area contributed by atoms with Crippen molar-refractivity contribution in [1.82, 2.24) is 19.4 Å². The third-order valence-corrected chi connectivity index (χ3v) is 4.13. The Labute approximate surface area is 132 Å². The van der Waals surface area contributed by atoms with Crippen LogP contribution in [-0.4, -0.2) is 19.4 Å². The topological polar surface area (TPSA) is 60.2 Å². The van der Waals surface area contributed by atoms with E-state index in [1.807, 2.05) is 39.0 Å².